The van der Waals surface area contributed by atoms with E-state index in [4.69, 9.17) is 16.9 Å². The van der Waals surface area contributed by atoms with E-state index < -0.39 is 0 Å². The van der Waals surface area contributed by atoms with Gasteiger partial charge in [0.2, 0.25) is 5.96 Å². The summed E-state index contributed by atoms with van der Waals surface area (Å²) in [6, 6.07) is 0.518. The lowest BCUT2D eigenvalue weighted by Gasteiger charge is -2.27. The Labute approximate surface area is 96.8 Å². The second-order valence-electron chi connectivity index (χ2n) is 4.17. The van der Waals surface area contributed by atoms with Crippen molar-refractivity contribution in [1.82, 2.24) is 9.80 Å². The number of hydrogen-bond donors (Lipinski definition) is 3. The predicted molar refractivity (Wildman–Crippen MR) is 66.4 cm³/mol. The summed E-state index contributed by atoms with van der Waals surface area (Å²) < 4.78 is 0. The third-order valence-corrected chi connectivity index (χ3v) is 2.99. The molecule has 5 N–H and O–H groups in total. The van der Waals surface area contributed by atoms with Gasteiger partial charge in [-0.15, -0.1) is 0 Å². The van der Waals surface area contributed by atoms with Crippen molar-refractivity contribution in [3.8, 4) is 0 Å². The monoisotopic (exact) mass is 226 g/mol. The molecule has 1 heterocycles. The molecule has 1 unspecified atom stereocenters. The highest BCUT2D eigenvalue weighted by atomic mass is 15.3. The molecular formula is C10H22N6. The zero-order valence-electron chi connectivity index (χ0n) is 10.1. The molecule has 6 heteroatoms. The number of likely N-dealkylation sites (tertiary alicyclic amines) is 1. The van der Waals surface area contributed by atoms with Crippen LogP contribution in [0.5, 0.6) is 0 Å². The summed E-state index contributed by atoms with van der Waals surface area (Å²) in [5.74, 6) is 0.0681. The Hall–Kier alpha value is -1.30. The van der Waals surface area contributed by atoms with E-state index in [-0.39, 0.29) is 11.9 Å². The van der Waals surface area contributed by atoms with Crippen molar-refractivity contribution >= 4 is 11.9 Å². The van der Waals surface area contributed by atoms with E-state index in [1.165, 1.54) is 12.8 Å². The first-order valence-corrected chi connectivity index (χ1v) is 5.68. The van der Waals surface area contributed by atoms with Crippen LogP contribution in [0.2, 0.25) is 0 Å². The number of hydrogen-bond acceptors (Lipinski definition) is 2. The Morgan fingerprint density at radius 2 is 2.25 bits per heavy atom. The minimum atomic E-state index is -0.0596. The Morgan fingerprint density at radius 1 is 1.56 bits per heavy atom. The summed E-state index contributed by atoms with van der Waals surface area (Å²) in [4.78, 5) is 7.95. The molecule has 0 radical (unpaired) electrons. The average molecular weight is 226 g/mol. The van der Waals surface area contributed by atoms with Crippen LogP contribution in [-0.2, 0) is 0 Å². The van der Waals surface area contributed by atoms with E-state index in [9.17, 15) is 0 Å². The molecule has 0 aromatic rings. The molecule has 16 heavy (non-hydrogen) atoms. The zero-order valence-corrected chi connectivity index (χ0v) is 10.1. The van der Waals surface area contributed by atoms with E-state index >= 15 is 0 Å². The first-order chi connectivity index (χ1) is 7.54. The van der Waals surface area contributed by atoms with Crippen LogP contribution in [0.3, 0.4) is 0 Å². The summed E-state index contributed by atoms with van der Waals surface area (Å²) >= 11 is 0. The summed E-state index contributed by atoms with van der Waals surface area (Å²) in [5, 5.41) is 7.67. The van der Waals surface area contributed by atoms with Crippen LogP contribution in [0.4, 0.5) is 0 Å². The van der Waals surface area contributed by atoms with Crippen LogP contribution in [0, 0.1) is 5.41 Å². The highest BCUT2D eigenvalue weighted by Gasteiger charge is 2.24. The van der Waals surface area contributed by atoms with Gasteiger partial charge in [-0.3, -0.25) is 10.3 Å². The zero-order chi connectivity index (χ0) is 12.1. The minimum absolute atomic E-state index is 0.0596. The molecule has 1 fully saturated rings. The molecule has 1 atom stereocenters. The summed E-state index contributed by atoms with van der Waals surface area (Å²) in [7, 11) is 1.85. The lowest BCUT2D eigenvalue weighted by molar-refractivity contribution is 0.234. The molecule has 0 amide bonds. The number of likely N-dealkylation sites (N-methyl/N-ethyl adjacent to an activating group) is 2. The summed E-state index contributed by atoms with van der Waals surface area (Å²) in [6.45, 7) is 5.20. The molecule has 0 aromatic carbocycles. The molecule has 0 aliphatic carbocycles. The van der Waals surface area contributed by atoms with Gasteiger partial charge < -0.3 is 16.4 Å². The number of aliphatic imine (C=N–C) groups is 1. The van der Waals surface area contributed by atoms with Gasteiger partial charge in [0.05, 0.1) is 0 Å². The van der Waals surface area contributed by atoms with E-state index in [0.717, 1.165) is 19.6 Å². The number of rotatable bonds is 3. The Kier molecular flexibility index (Phi) is 4.54. The van der Waals surface area contributed by atoms with Gasteiger partial charge in [-0.2, -0.15) is 4.99 Å². The van der Waals surface area contributed by atoms with Gasteiger partial charge >= 0.3 is 0 Å². The smallest absolute Gasteiger partial charge is 0.220 e. The van der Waals surface area contributed by atoms with Crippen LogP contribution in [0.1, 0.15) is 19.8 Å². The molecule has 6 nitrogen and oxygen atoms in total. The molecule has 0 bridgehead atoms. The number of nitrogens with two attached hydrogens (primary N) is 2. The number of guanidine groups is 2. The van der Waals surface area contributed by atoms with Crippen molar-refractivity contribution in [3.05, 3.63) is 0 Å². The van der Waals surface area contributed by atoms with Crippen LogP contribution in [0.25, 0.3) is 0 Å². The molecule has 1 saturated heterocycles. The molecule has 92 valence electrons. The van der Waals surface area contributed by atoms with Gasteiger partial charge in [0.25, 0.3) is 0 Å². The first-order valence-electron chi connectivity index (χ1n) is 5.68. The molecule has 1 aliphatic heterocycles. The van der Waals surface area contributed by atoms with Crippen LogP contribution in [-0.4, -0.2) is 54.4 Å². The van der Waals surface area contributed by atoms with E-state index in [1.807, 2.05) is 7.05 Å². The van der Waals surface area contributed by atoms with Gasteiger partial charge in [-0.1, -0.05) is 6.92 Å². The van der Waals surface area contributed by atoms with Crippen LogP contribution in [0.15, 0.2) is 4.99 Å². The van der Waals surface area contributed by atoms with Crippen LogP contribution >= 0.6 is 0 Å². The standard InChI is InChI=1S/C10H22N6/c1-3-16-6-4-5-8(16)7-15(2)10(13)14-9(11)12/h8H,3-7H2,1-2H3,(H5,11,12,13,14). The Morgan fingerprint density at radius 3 is 2.81 bits per heavy atom. The van der Waals surface area contributed by atoms with Gasteiger partial charge in [0.1, 0.15) is 0 Å². The second-order valence-corrected chi connectivity index (χ2v) is 4.17. The highest BCUT2D eigenvalue weighted by Crippen LogP contribution is 2.17. The molecule has 1 aliphatic rings. The average Bonchev–Trinajstić information content (AvgIpc) is 2.64. The summed E-state index contributed by atoms with van der Waals surface area (Å²) in [6.07, 6.45) is 2.43. The van der Waals surface area contributed by atoms with E-state index in [0.29, 0.717) is 6.04 Å². The largest absolute Gasteiger partial charge is 0.370 e. The van der Waals surface area contributed by atoms with Crippen molar-refractivity contribution in [1.29, 1.82) is 5.41 Å². The maximum absolute atomic E-state index is 7.67. The van der Waals surface area contributed by atoms with Crippen molar-refractivity contribution < 1.29 is 0 Å². The molecule has 0 aromatic heterocycles. The highest BCUT2D eigenvalue weighted by molar-refractivity contribution is 5.91. The fourth-order valence-corrected chi connectivity index (χ4v) is 2.13. The quantitative estimate of drug-likeness (QED) is 0.451. The fraction of sp³-hybridized carbons (Fsp3) is 0.800. The van der Waals surface area contributed by atoms with E-state index in [2.05, 4.69) is 16.8 Å². The Balaban J connectivity index is 2.47. The minimum Gasteiger partial charge on any atom is -0.370 e. The van der Waals surface area contributed by atoms with Crippen molar-refractivity contribution in [2.45, 2.75) is 25.8 Å². The van der Waals surface area contributed by atoms with E-state index in [1.54, 1.807) is 4.90 Å². The van der Waals surface area contributed by atoms with Crippen molar-refractivity contribution in [3.63, 3.8) is 0 Å². The lowest BCUT2D eigenvalue weighted by Crippen LogP contribution is -2.41. The second kappa shape index (κ2) is 5.69. The van der Waals surface area contributed by atoms with Crippen molar-refractivity contribution in [2.75, 3.05) is 26.7 Å². The number of nitrogens with one attached hydrogen (secondary N) is 1. The first kappa shape index (κ1) is 12.8. The van der Waals surface area contributed by atoms with Gasteiger partial charge in [0.15, 0.2) is 5.96 Å². The SMILES string of the molecule is CCN1CCCC1CN(C)C(=N)N=C(N)N. The van der Waals surface area contributed by atoms with Crippen LogP contribution < -0.4 is 11.5 Å². The molecule has 0 spiro atoms. The van der Waals surface area contributed by atoms with Crippen molar-refractivity contribution in [2.24, 2.45) is 16.5 Å². The Bertz CT molecular complexity index is 270. The number of nitrogens with zero attached hydrogens (tertiary/aromatic N) is 3. The molecule has 1 rings (SSSR count). The maximum atomic E-state index is 7.67. The third-order valence-electron chi connectivity index (χ3n) is 2.99. The van der Waals surface area contributed by atoms with Gasteiger partial charge in [-0.05, 0) is 25.9 Å². The predicted octanol–water partition coefficient (Wildman–Crippen LogP) is -0.389. The van der Waals surface area contributed by atoms with Gasteiger partial charge in [-0.25, -0.2) is 0 Å². The topological polar surface area (TPSA) is 94.7 Å². The maximum Gasteiger partial charge on any atom is 0.220 e. The third kappa shape index (κ3) is 3.37. The normalized spacial score (nSPS) is 20.8. The van der Waals surface area contributed by atoms with Gasteiger partial charge in [0, 0.05) is 19.6 Å². The molecule has 0 saturated carbocycles. The molecular weight excluding hydrogens is 204 g/mol. The fourth-order valence-electron chi connectivity index (χ4n) is 2.13. The lowest BCUT2D eigenvalue weighted by atomic mass is 10.2. The summed E-state index contributed by atoms with van der Waals surface area (Å²) in [5.41, 5.74) is 10.5.